The Labute approximate surface area is 115 Å². The molecular formula is C15H24FN3. The quantitative estimate of drug-likeness (QED) is 0.891. The first-order valence-electron chi connectivity index (χ1n) is 6.99. The molecule has 0 saturated carbocycles. The number of piperazine rings is 1. The van der Waals surface area contributed by atoms with Gasteiger partial charge in [0.05, 0.1) is 0 Å². The highest BCUT2D eigenvalue weighted by Crippen LogP contribution is 2.17. The second kappa shape index (κ2) is 6.46. The fourth-order valence-corrected chi connectivity index (χ4v) is 2.91. The van der Waals surface area contributed by atoms with Crippen molar-refractivity contribution in [1.82, 2.24) is 9.80 Å². The smallest absolute Gasteiger partial charge is 0.126 e. The summed E-state index contributed by atoms with van der Waals surface area (Å²) in [5.74, 6) is -0.104. The average molecular weight is 265 g/mol. The summed E-state index contributed by atoms with van der Waals surface area (Å²) in [6, 6.07) is 7.74. The fourth-order valence-electron chi connectivity index (χ4n) is 2.91. The highest BCUT2D eigenvalue weighted by molar-refractivity contribution is 5.18. The van der Waals surface area contributed by atoms with E-state index in [0.29, 0.717) is 18.6 Å². The van der Waals surface area contributed by atoms with Gasteiger partial charge in [-0.3, -0.25) is 4.90 Å². The largest absolute Gasteiger partial charge is 0.329 e. The molecule has 0 amide bonds. The van der Waals surface area contributed by atoms with Gasteiger partial charge in [0.25, 0.3) is 0 Å². The molecule has 2 N–H and O–H groups in total. The van der Waals surface area contributed by atoms with Crippen LogP contribution in [0, 0.1) is 5.82 Å². The summed E-state index contributed by atoms with van der Waals surface area (Å²) in [6.07, 6.45) is 0.743. The van der Waals surface area contributed by atoms with Gasteiger partial charge >= 0.3 is 0 Å². The van der Waals surface area contributed by atoms with E-state index < -0.39 is 0 Å². The first kappa shape index (κ1) is 14.4. The summed E-state index contributed by atoms with van der Waals surface area (Å²) < 4.78 is 13.7. The van der Waals surface area contributed by atoms with Crippen LogP contribution >= 0.6 is 0 Å². The van der Waals surface area contributed by atoms with Crippen LogP contribution in [-0.4, -0.2) is 55.1 Å². The molecule has 1 aromatic carbocycles. The second-order valence-electron chi connectivity index (χ2n) is 5.53. The lowest BCUT2D eigenvalue weighted by Crippen LogP contribution is -2.57. The average Bonchev–Trinajstić information content (AvgIpc) is 2.41. The molecule has 0 bridgehead atoms. The molecule has 2 atom stereocenters. The van der Waals surface area contributed by atoms with Crippen LogP contribution in [0.3, 0.4) is 0 Å². The van der Waals surface area contributed by atoms with E-state index in [-0.39, 0.29) is 5.82 Å². The minimum absolute atomic E-state index is 0.104. The van der Waals surface area contributed by atoms with Gasteiger partial charge in [-0.2, -0.15) is 0 Å². The van der Waals surface area contributed by atoms with Crippen molar-refractivity contribution in [3.05, 3.63) is 35.6 Å². The first-order chi connectivity index (χ1) is 9.11. The molecule has 2 unspecified atom stereocenters. The van der Waals surface area contributed by atoms with Crippen molar-refractivity contribution in [2.75, 3.05) is 33.2 Å². The van der Waals surface area contributed by atoms with Crippen LogP contribution in [0.1, 0.15) is 12.5 Å². The van der Waals surface area contributed by atoms with E-state index in [2.05, 4.69) is 23.8 Å². The molecule has 1 heterocycles. The lowest BCUT2D eigenvalue weighted by atomic mass is 10.0. The summed E-state index contributed by atoms with van der Waals surface area (Å²) in [4.78, 5) is 4.73. The molecule has 0 aromatic heterocycles. The van der Waals surface area contributed by atoms with Gasteiger partial charge < -0.3 is 10.6 Å². The molecule has 4 heteroatoms. The van der Waals surface area contributed by atoms with E-state index in [1.54, 1.807) is 6.07 Å². The number of nitrogens with two attached hydrogens (primary N) is 1. The summed E-state index contributed by atoms with van der Waals surface area (Å²) in [5, 5.41) is 0. The molecule has 1 saturated heterocycles. The van der Waals surface area contributed by atoms with Crippen molar-refractivity contribution in [1.29, 1.82) is 0 Å². The van der Waals surface area contributed by atoms with Crippen LogP contribution in [0.4, 0.5) is 4.39 Å². The Morgan fingerprint density at radius 3 is 2.79 bits per heavy atom. The van der Waals surface area contributed by atoms with Gasteiger partial charge in [0.2, 0.25) is 0 Å². The molecule has 0 radical (unpaired) electrons. The molecule has 0 spiro atoms. The minimum atomic E-state index is -0.104. The van der Waals surface area contributed by atoms with Gasteiger partial charge in [0, 0.05) is 38.3 Å². The van der Waals surface area contributed by atoms with Crippen molar-refractivity contribution in [3.8, 4) is 0 Å². The fraction of sp³-hybridized carbons (Fsp3) is 0.600. The van der Waals surface area contributed by atoms with Gasteiger partial charge in [0.15, 0.2) is 0 Å². The normalized spacial score (nSPS) is 23.5. The van der Waals surface area contributed by atoms with E-state index >= 15 is 0 Å². The maximum atomic E-state index is 13.7. The third-order valence-corrected chi connectivity index (χ3v) is 4.04. The van der Waals surface area contributed by atoms with Gasteiger partial charge in [-0.1, -0.05) is 18.2 Å². The van der Waals surface area contributed by atoms with Crippen molar-refractivity contribution in [2.45, 2.75) is 25.4 Å². The van der Waals surface area contributed by atoms with Crippen LogP contribution in [-0.2, 0) is 6.42 Å². The SMILES string of the molecule is CC(Cc1ccccc1F)N1CCN(C)CC1CN. The molecule has 1 aliphatic rings. The van der Waals surface area contributed by atoms with E-state index in [9.17, 15) is 4.39 Å². The Kier molecular flexibility index (Phi) is 4.91. The predicted molar refractivity (Wildman–Crippen MR) is 76.6 cm³/mol. The zero-order valence-electron chi connectivity index (χ0n) is 11.8. The third-order valence-electron chi connectivity index (χ3n) is 4.04. The second-order valence-corrected chi connectivity index (χ2v) is 5.53. The zero-order valence-corrected chi connectivity index (χ0v) is 11.8. The Morgan fingerprint density at radius 2 is 2.11 bits per heavy atom. The standard InChI is InChI=1S/C15H24FN3/c1-12(9-13-5-3-4-6-15(13)16)19-8-7-18(2)11-14(19)10-17/h3-6,12,14H,7-11,17H2,1-2H3. The number of hydrogen-bond acceptors (Lipinski definition) is 3. The number of benzene rings is 1. The summed E-state index contributed by atoms with van der Waals surface area (Å²) in [7, 11) is 2.13. The van der Waals surface area contributed by atoms with Crippen LogP contribution in [0.2, 0.25) is 0 Å². The van der Waals surface area contributed by atoms with E-state index in [0.717, 1.165) is 31.6 Å². The van der Waals surface area contributed by atoms with Gasteiger partial charge in [0.1, 0.15) is 5.82 Å². The lowest BCUT2D eigenvalue weighted by molar-refractivity contribution is 0.0622. The van der Waals surface area contributed by atoms with Crippen molar-refractivity contribution < 1.29 is 4.39 Å². The first-order valence-corrected chi connectivity index (χ1v) is 6.99. The molecule has 2 rings (SSSR count). The highest BCUT2D eigenvalue weighted by Gasteiger charge is 2.28. The number of hydrogen-bond donors (Lipinski definition) is 1. The van der Waals surface area contributed by atoms with Gasteiger partial charge in [-0.15, -0.1) is 0 Å². The summed E-state index contributed by atoms with van der Waals surface area (Å²) in [5.41, 5.74) is 6.67. The number of halogens is 1. The van der Waals surface area contributed by atoms with Crippen LogP contribution in [0.15, 0.2) is 24.3 Å². The maximum Gasteiger partial charge on any atom is 0.126 e. The topological polar surface area (TPSA) is 32.5 Å². The Morgan fingerprint density at radius 1 is 1.37 bits per heavy atom. The minimum Gasteiger partial charge on any atom is -0.329 e. The lowest BCUT2D eigenvalue weighted by Gasteiger charge is -2.43. The maximum absolute atomic E-state index is 13.7. The van der Waals surface area contributed by atoms with E-state index in [4.69, 9.17) is 5.73 Å². The summed E-state index contributed by atoms with van der Waals surface area (Å²) in [6.45, 7) is 5.89. The molecule has 3 nitrogen and oxygen atoms in total. The number of nitrogens with zero attached hydrogens (tertiary/aromatic N) is 2. The molecule has 1 fully saturated rings. The summed E-state index contributed by atoms with van der Waals surface area (Å²) >= 11 is 0. The molecule has 0 aliphatic carbocycles. The van der Waals surface area contributed by atoms with Crippen molar-refractivity contribution in [3.63, 3.8) is 0 Å². The van der Waals surface area contributed by atoms with Crippen LogP contribution in [0.25, 0.3) is 0 Å². The Hall–Kier alpha value is -0.970. The van der Waals surface area contributed by atoms with Gasteiger partial charge in [-0.05, 0) is 32.0 Å². The van der Waals surface area contributed by atoms with Gasteiger partial charge in [-0.25, -0.2) is 4.39 Å². The van der Waals surface area contributed by atoms with Crippen LogP contribution < -0.4 is 5.73 Å². The zero-order chi connectivity index (χ0) is 13.8. The Bertz CT molecular complexity index is 410. The molecule has 106 valence electrons. The number of likely N-dealkylation sites (N-methyl/N-ethyl adjacent to an activating group) is 1. The molecule has 1 aliphatic heterocycles. The third kappa shape index (κ3) is 3.53. The van der Waals surface area contributed by atoms with E-state index in [1.165, 1.54) is 6.07 Å². The molecule has 19 heavy (non-hydrogen) atoms. The molecular weight excluding hydrogens is 241 g/mol. The highest BCUT2D eigenvalue weighted by atomic mass is 19.1. The van der Waals surface area contributed by atoms with Crippen molar-refractivity contribution in [2.24, 2.45) is 5.73 Å². The van der Waals surface area contributed by atoms with Crippen molar-refractivity contribution >= 4 is 0 Å². The molecule has 1 aromatic rings. The monoisotopic (exact) mass is 265 g/mol. The van der Waals surface area contributed by atoms with E-state index in [1.807, 2.05) is 12.1 Å². The van der Waals surface area contributed by atoms with Crippen LogP contribution in [0.5, 0.6) is 0 Å². The number of rotatable bonds is 4. The Balaban J connectivity index is 2.02. The predicted octanol–water partition coefficient (Wildman–Crippen LogP) is 1.33.